The van der Waals surface area contributed by atoms with Crippen molar-refractivity contribution < 1.29 is 0 Å². The van der Waals surface area contributed by atoms with Gasteiger partial charge in [0, 0.05) is 10.2 Å². The van der Waals surface area contributed by atoms with Crippen LogP contribution in [0.1, 0.15) is 31.2 Å². The van der Waals surface area contributed by atoms with Gasteiger partial charge in [0.05, 0.1) is 9.52 Å². The van der Waals surface area contributed by atoms with Crippen LogP contribution in [0.2, 0.25) is 12.6 Å². The number of unbranched alkanes of at least 4 members (excludes halogenated alkanes) is 3. The Bertz CT molecular complexity index is 440. The van der Waals surface area contributed by atoms with Gasteiger partial charge in [-0.05, 0) is 18.4 Å². The molecule has 21 heavy (non-hydrogen) atoms. The van der Waals surface area contributed by atoms with Crippen LogP contribution in [0.5, 0.6) is 0 Å². The van der Waals surface area contributed by atoms with E-state index in [1.807, 2.05) is 0 Å². The van der Waals surface area contributed by atoms with E-state index < -0.39 is 0 Å². The lowest BCUT2D eigenvalue weighted by Crippen LogP contribution is -2.07. The van der Waals surface area contributed by atoms with Gasteiger partial charge in [-0.3, -0.25) is 0 Å². The predicted octanol–water partition coefficient (Wildman–Crippen LogP) is 3.10. The summed E-state index contributed by atoms with van der Waals surface area (Å²) in [6.45, 7) is 2.30. The van der Waals surface area contributed by atoms with Crippen molar-refractivity contribution in [3.8, 4) is 0 Å². The molecule has 0 N–H and O–H groups in total. The third-order valence-corrected chi connectivity index (χ3v) is 5.66. The van der Waals surface area contributed by atoms with Crippen LogP contribution in [0.3, 0.4) is 0 Å². The minimum absolute atomic E-state index is 0.0913. The molecule has 0 atom stereocenters. The Morgan fingerprint density at radius 1 is 0.762 bits per heavy atom. The lowest BCUT2D eigenvalue weighted by molar-refractivity contribution is 0.666. The summed E-state index contributed by atoms with van der Waals surface area (Å²) in [5.41, 5.74) is 1.49. The average Bonchev–Trinajstić information content (AvgIpc) is 2.57. The zero-order chi connectivity index (χ0) is 15.2. The fourth-order valence-corrected chi connectivity index (χ4v) is 3.53. The van der Waals surface area contributed by atoms with Crippen molar-refractivity contribution in [1.29, 1.82) is 0 Å². The molecule has 0 saturated heterocycles. The fourth-order valence-electron chi connectivity index (χ4n) is 2.29. The van der Waals surface area contributed by atoms with Crippen molar-refractivity contribution in [2.45, 2.75) is 44.7 Å². The molecule has 0 aromatic heterocycles. The molecule has 0 saturated carbocycles. The molecule has 0 bridgehead atoms. The molecule has 0 spiro atoms. The van der Waals surface area contributed by atoms with Crippen LogP contribution in [-0.2, 0) is 6.42 Å². The summed E-state index contributed by atoms with van der Waals surface area (Å²) in [5, 5.41) is 1.55. The van der Waals surface area contributed by atoms with Crippen molar-refractivity contribution in [2.24, 2.45) is 0 Å². The summed E-state index contributed by atoms with van der Waals surface area (Å²) < 4.78 is 0. The first-order chi connectivity index (χ1) is 10.4. The second kappa shape index (κ2) is 12.6. The second-order valence-electron chi connectivity index (χ2n) is 5.49. The number of aryl methyl sites for hydroxylation is 1. The number of hydrogen-bond acceptors (Lipinski definition) is 0. The highest BCUT2D eigenvalue weighted by molar-refractivity contribution is 6.51. The first-order valence-electron chi connectivity index (χ1n) is 8.44. The lowest BCUT2D eigenvalue weighted by Gasteiger charge is -2.00. The quantitative estimate of drug-likeness (QED) is 0.544. The van der Waals surface area contributed by atoms with Gasteiger partial charge in [0.15, 0.2) is 0 Å². The van der Waals surface area contributed by atoms with Crippen LogP contribution < -0.4 is 5.19 Å². The zero-order valence-electron chi connectivity index (χ0n) is 13.7. The summed E-state index contributed by atoms with van der Waals surface area (Å²) in [4.78, 5) is 0. The van der Waals surface area contributed by atoms with Crippen LogP contribution in [0.25, 0.3) is 0 Å². The van der Waals surface area contributed by atoms with E-state index in [1.54, 1.807) is 5.19 Å². The maximum Gasteiger partial charge on any atom is 0.0516 e. The average molecular weight is 315 g/mol. The maximum absolute atomic E-state index is 2.30. The van der Waals surface area contributed by atoms with E-state index in [9.17, 15) is 0 Å². The van der Waals surface area contributed by atoms with Crippen molar-refractivity contribution in [3.63, 3.8) is 0 Å². The highest BCUT2D eigenvalue weighted by atomic mass is 28.2. The van der Waals surface area contributed by atoms with E-state index in [1.165, 1.54) is 54.0 Å². The van der Waals surface area contributed by atoms with Gasteiger partial charge in [0.2, 0.25) is 0 Å². The van der Waals surface area contributed by atoms with E-state index in [4.69, 9.17) is 0 Å². The predicted molar refractivity (Wildman–Crippen MR) is 104 cm³/mol. The highest BCUT2D eigenvalue weighted by Crippen LogP contribution is 2.07. The van der Waals surface area contributed by atoms with Crippen molar-refractivity contribution in [2.75, 3.05) is 0 Å². The van der Waals surface area contributed by atoms with Gasteiger partial charge in [-0.25, -0.2) is 0 Å². The molecule has 0 heterocycles. The Morgan fingerprint density at radius 3 is 1.86 bits per heavy atom. The first-order valence-corrected chi connectivity index (χ1v) is 12.0. The Hall–Kier alpha value is -1.13. The molecular weight excluding hydrogens is 284 g/mol. The zero-order valence-corrected chi connectivity index (χ0v) is 17.1. The molecule has 0 aliphatic heterocycles. The minimum atomic E-state index is 0.0913. The van der Waals surface area contributed by atoms with E-state index in [2.05, 4.69) is 67.2 Å². The van der Waals surface area contributed by atoms with Gasteiger partial charge >= 0.3 is 0 Å². The Labute approximate surface area is 136 Å². The van der Waals surface area contributed by atoms with E-state index in [0.29, 0.717) is 0 Å². The van der Waals surface area contributed by atoms with Crippen molar-refractivity contribution >= 4 is 24.9 Å². The van der Waals surface area contributed by atoms with Gasteiger partial charge in [0.25, 0.3) is 0 Å². The van der Waals surface area contributed by atoms with Gasteiger partial charge in [-0.15, -0.1) is 0 Å². The summed E-state index contributed by atoms with van der Waals surface area (Å²) in [7, 11) is 1.47. The SMILES string of the molecule is C[SiH2]c1ccccc1.[SiH3]CCCCCCc1ccccc1. The van der Waals surface area contributed by atoms with Crippen molar-refractivity contribution in [1.82, 2.24) is 0 Å². The van der Waals surface area contributed by atoms with Crippen LogP contribution in [0.4, 0.5) is 0 Å². The molecule has 0 radical (unpaired) electrons. The van der Waals surface area contributed by atoms with Crippen LogP contribution in [0, 0.1) is 0 Å². The molecule has 0 aliphatic carbocycles. The maximum atomic E-state index is 2.30. The van der Waals surface area contributed by atoms with Gasteiger partial charge in [-0.1, -0.05) is 97.7 Å². The first kappa shape index (κ1) is 17.9. The van der Waals surface area contributed by atoms with Crippen LogP contribution >= 0.6 is 0 Å². The number of benzene rings is 2. The molecule has 2 rings (SSSR count). The monoisotopic (exact) mass is 314 g/mol. The summed E-state index contributed by atoms with van der Waals surface area (Å²) in [6, 6.07) is 23.0. The van der Waals surface area contributed by atoms with Crippen LogP contribution in [-0.4, -0.2) is 19.8 Å². The molecule has 0 nitrogen and oxygen atoms in total. The topological polar surface area (TPSA) is 0 Å². The molecule has 2 heteroatoms. The smallest absolute Gasteiger partial charge is 0.0516 e. The van der Waals surface area contributed by atoms with E-state index in [-0.39, 0.29) is 9.52 Å². The van der Waals surface area contributed by atoms with Crippen molar-refractivity contribution in [3.05, 3.63) is 66.2 Å². The minimum Gasteiger partial charge on any atom is -0.0708 e. The number of hydrogen-bond donors (Lipinski definition) is 0. The second-order valence-corrected chi connectivity index (χ2v) is 8.01. The highest BCUT2D eigenvalue weighted by Gasteiger charge is 1.91. The molecular formula is C19H30Si2. The Balaban J connectivity index is 0.000000235. The molecule has 0 unspecified atom stereocenters. The summed E-state index contributed by atoms with van der Waals surface area (Å²) >= 11 is 0. The third kappa shape index (κ3) is 9.43. The lowest BCUT2D eigenvalue weighted by atomic mass is 10.1. The van der Waals surface area contributed by atoms with E-state index >= 15 is 0 Å². The Kier molecular flexibility index (Phi) is 10.8. The largest absolute Gasteiger partial charge is 0.0708 e. The van der Waals surface area contributed by atoms with Gasteiger partial charge in [-0.2, -0.15) is 0 Å². The number of rotatable bonds is 7. The summed E-state index contributed by atoms with van der Waals surface area (Å²) in [5.74, 6) is 0. The molecule has 114 valence electrons. The van der Waals surface area contributed by atoms with Crippen LogP contribution in [0.15, 0.2) is 60.7 Å². The standard InChI is InChI=1S/C12H20Si.C7H10Si/c13-11-7-2-1-4-8-12-9-5-3-6-10-12;1-8-7-5-3-2-4-6-7/h3,5-6,9-10H,1-2,4,7-8,11H2,13H3;2-6H,8H2,1H3. The summed E-state index contributed by atoms with van der Waals surface area (Å²) in [6.07, 6.45) is 6.95. The molecule has 0 aliphatic rings. The van der Waals surface area contributed by atoms with E-state index in [0.717, 1.165) is 0 Å². The molecule has 2 aromatic carbocycles. The molecule has 0 amide bonds. The molecule has 2 aromatic rings. The third-order valence-electron chi connectivity index (χ3n) is 3.66. The fraction of sp³-hybridized carbons (Fsp3) is 0.368. The normalized spacial score (nSPS) is 10.5. The molecule has 0 fully saturated rings. The van der Waals surface area contributed by atoms with Gasteiger partial charge in [0.1, 0.15) is 0 Å². The Morgan fingerprint density at radius 2 is 1.33 bits per heavy atom. The van der Waals surface area contributed by atoms with Gasteiger partial charge < -0.3 is 0 Å².